The van der Waals surface area contributed by atoms with Gasteiger partial charge >= 0.3 is 0 Å². The highest BCUT2D eigenvalue weighted by molar-refractivity contribution is 7.98. The third-order valence-corrected chi connectivity index (χ3v) is 3.13. The van der Waals surface area contributed by atoms with Gasteiger partial charge in [0, 0.05) is 6.20 Å². The van der Waals surface area contributed by atoms with Gasteiger partial charge in [-0.25, -0.2) is 9.66 Å². The molecule has 1 N–H and O–H groups in total. The Bertz CT molecular complexity index is 585. The Hall–Kier alpha value is -1.60. The van der Waals surface area contributed by atoms with Gasteiger partial charge in [-0.05, 0) is 25.3 Å². The van der Waals surface area contributed by atoms with E-state index in [0.717, 1.165) is 0 Å². The summed E-state index contributed by atoms with van der Waals surface area (Å²) in [5.74, 6) is 0.235. The predicted octanol–water partition coefficient (Wildman–Crippen LogP) is 1.74. The fourth-order valence-electron chi connectivity index (χ4n) is 1.32. The molecule has 18 heavy (non-hydrogen) atoms. The zero-order valence-electron chi connectivity index (χ0n) is 9.72. The third kappa shape index (κ3) is 2.46. The zero-order valence-corrected chi connectivity index (χ0v) is 11.3. The van der Waals surface area contributed by atoms with Gasteiger partial charge < -0.3 is 0 Å². The SMILES string of the molecule is CSc1nnc(C)n1NC(=O)c1cccnc1Cl. The van der Waals surface area contributed by atoms with Gasteiger partial charge in [0.25, 0.3) is 5.91 Å². The lowest BCUT2D eigenvalue weighted by atomic mass is 10.3. The standard InChI is InChI=1S/C10H10ClN5OS/c1-6-13-14-10(18-2)16(6)15-9(17)7-4-3-5-12-8(7)11/h3-5H,1-2H3,(H,15,17). The fraction of sp³-hybridized carbons (Fsp3) is 0.200. The van der Waals surface area contributed by atoms with Crippen LogP contribution in [0.2, 0.25) is 5.15 Å². The number of pyridine rings is 1. The Morgan fingerprint density at radius 3 is 2.94 bits per heavy atom. The van der Waals surface area contributed by atoms with E-state index in [2.05, 4.69) is 20.6 Å². The smallest absolute Gasteiger partial charge is 0.267 e. The zero-order chi connectivity index (χ0) is 13.1. The molecule has 0 bridgehead atoms. The van der Waals surface area contributed by atoms with Gasteiger partial charge in [0.2, 0.25) is 5.16 Å². The average molecular weight is 284 g/mol. The second kappa shape index (κ2) is 5.36. The van der Waals surface area contributed by atoms with Gasteiger partial charge in [-0.3, -0.25) is 10.2 Å². The van der Waals surface area contributed by atoms with Crippen LogP contribution in [0.4, 0.5) is 0 Å². The molecule has 6 nitrogen and oxygen atoms in total. The molecule has 0 aliphatic carbocycles. The molecule has 0 fully saturated rings. The van der Waals surface area contributed by atoms with Gasteiger partial charge in [0.1, 0.15) is 11.0 Å². The molecule has 94 valence electrons. The van der Waals surface area contributed by atoms with E-state index in [1.54, 1.807) is 19.1 Å². The van der Waals surface area contributed by atoms with E-state index in [-0.39, 0.29) is 11.1 Å². The molecule has 0 saturated carbocycles. The molecule has 1 amide bonds. The summed E-state index contributed by atoms with van der Waals surface area (Å²) in [5.41, 5.74) is 2.98. The van der Waals surface area contributed by atoms with Crippen molar-refractivity contribution in [2.45, 2.75) is 12.1 Å². The van der Waals surface area contributed by atoms with Crippen molar-refractivity contribution in [2.24, 2.45) is 0 Å². The summed E-state index contributed by atoms with van der Waals surface area (Å²) in [4.78, 5) is 15.9. The second-order valence-corrected chi connectivity index (χ2v) is 4.48. The Labute approximate surface area is 113 Å². The molecule has 0 aliphatic rings. The van der Waals surface area contributed by atoms with Gasteiger partial charge in [-0.15, -0.1) is 10.2 Å². The highest BCUT2D eigenvalue weighted by atomic mass is 35.5. The number of nitrogens with zero attached hydrogens (tertiary/aromatic N) is 4. The molecule has 0 aromatic carbocycles. The van der Waals surface area contributed by atoms with Gasteiger partial charge in [0.05, 0.1) is 5.56 Å². The number of carbonyl (C=O) groups is 1. The molecular weight excluding hydrogens is 274 g/mol. The highest BCUT2D eigenvalue weighted by Gasteiger charge is 2.14. The number of aryl methyl sites for hydroxylation is 1. The number of thioether (sulfide) groups is 1. The number of nitrogens with one attached hydrogen (secondary N) is 1. The number of carbonyl (C=O) groups excluding carboxylic acids is 1. The van der Waals surface area contributed by atoms with Crippen molar-refractivity contribution >= 4 is 29.3 Å². The maximum atomic E-state index is 12.0. The number of halogens is 1. The van der Waals surface area contributed by atoms with Crippen LogP contribution in [0, 0.1) is 6.92 Å². The number of rotatable bonds is 3. The first kappa shape index (κ1) is 12.8. The quantitative estimate of drug-likeness (QED) is 0.686. The number of aromatic nitrogens is 4. The van der Waals surface area contributed by atoms with Crippen molar-refractivity contribution in [3.63, 3.8) is 0 Å². The van der Waals surface area contributed by atoms with Crippen LogP contribution in [0.25, 0.3) is 0 Å². The Kier molecular flexibility index (Phi) is 3.83. The number of hydrogen-bond donors (Lipinski definition) is 1. The largest absolute Gasteiger partial charge is 0.273 e. The minimum Gasteiger partial charge on any atom is -0.267 e. The Morgan fingerprint density at radius 2 is 2.28 bits per heavy atom. The number of amides is 1. The van der Waals surface area contributed by atoms with Gasteiger partial charge in [-0.1, -0.05) is 23.4 Å². The molecule has 2 aromatic rings. The molecule has 2 rings (SSSR count). The summed E-state index contributed by atoms with van der Waals surface area (Å²) < 4.78 is 1.51. The van der Waals surface area contributed by atoms with E-state index < -0.39 is 0 Å². The van der Waals surface area contributed by atoms with Crippen LogP contribution < -0.4 is 5.43 Å². The summed E-state index contributed by atoms with van der Waals surface area (Å²) in [6, 6.07) is 3.25. The van der Waals surface area contributed by atoms with Gasteiger partial charge in [-0.2, -0.15) is 0 Å². The van der Waals surface area contributed by atoms with Crippen LogP contribution in [0.1, 0.15) is 16.2 Å². The van der Waals surface area contributed by atoms with Crippen molar-refractivity contribution in [3.8, 4) is 0 Å². The fourth-order valence-corrected chi connectivity index (χ4v) is 2.01. The van der Waals surface area contributed by atoms with Crippen LogP contribution in [0.15, 0.2) is 23.5 Å². The topological polar surface area (TPSA) is 72.7 Å². The first-order chi connectivity index (χ1) is 8.63. The van der Waals surface area contributed by atoms with Crippen molar-refractivity contribution in [1.29, 1.82) is 0 Å². The van der Waals surface area contributed by atoms with Gasteiger partial charge in [0.15, 0.2) is 0 Å². The monoisotopic (exact) mass is 283 g/mol. The van der Waals surface area contributed by atoms with E-state index in [0.29, 0.717) is 16.5 Å². The summed E-state index contributed by atoms with van der Waals surface area (Å²) in [6.07, 6.45) is 3.37. The summed E-state index contributed by atoms with van der Waals surface area (Å²) >= 11 is 7.24. The van der Waals surface area contributed by atoms with Crippen LogP contribution in [-0.2, 0) is 0 Å². The molecule has 0 radical (unpaired) electrons. The van der Waals surface area contributed by atoms with Crippen molar-refractivity contribution in [2.75, 3.05) is 11.7 Å². The maximum absolute atomic E-state index is 12.0. The lowest BCUT2D eigenvalue weighted by Crippen LogP contribution is -2.25. The van der Waals surface area contributed by atoms with E-state index in [9.17, 15) is 4.79 Å². The maximum Gasteiger partial charge on any atom is 0.273 e. The molecule has 0 unspecified atom stereocenters. The van der Waals surface area contributed by atoms with E-state index >= 15 is 0 Å². The van der Waals surface area contributed by atoms with Crippen molar-refractivity contribution < 1.29 is 4.79 Å². The Morgan fingerprint density at radius 1 is 1.50 bits per heavy atom. The first-order valence-corrected chi connectivity index (χ1v) is 6.61. The Balaban J connectivity index is 2.27. The first-order valence-electron chi connectivity index (χ1n) is 5.01. The van der Waals surface area contributed by atoms with Crippen LogP contribution >= 0.6 is 23.4 Å². The normalized spacial score (nSPS) is 10.4. The highest BCUT2D eigenvalue weighted by Crippen LogP contribution is 2.14. The second-order valence-electron chi connectivity index (χ2n) is 3.35. The van der Waals surface area contributed by atoms with Crippen LogP contribution in [0.3, 0.4) is 0 Å². The average Bonchev–Trinajstić information content (AvgIpc) is 2.71. The molecular formula is C10H10ClN5OS. The number of hydrogen-bond acceptors (Lipinski definition) is 5. The van der Waals surface area contributed by atoms with Crippen LogP contribution in [-0.4, -0.2) is 32.0 Å². The van der Waals surface area contributed by atoms with Crippen molar-refractivity contribution in [1.82, 2.24) is 19.9 Å². The molecule has 0 atom stereocenters. The van der Waals surface area contributed by atoms with E-state index in [4.69, 9.17) is 11.6 Å². The lowest BCUT2D eigenvalue weighted by molar-refractivity contribution is 0.100. The van der Waals surface area contributed by atoms with E-state index in [1.165, 1.54) is 22.6 Å². The summed E-state index contributed by atoms with van der Waals surface area (Å²) in [7, 11) is 0. The molecule has 8 heteroatoms. The summed E-state index contributed by atoms with van der Waals surface area (Å²) in [5, 5.41) is 8.56. The van der Waals surface area contributed by atoms with Crippen LogP contribution in [0.5, 0.6) is 0 Å². The summed E-state index contributed by atoms with van der Waals surface area (Å²) in [6.45, 7) is 1.75. The lowest BCUT2D eigenvalue weighted by Gasteiger charge is -2.09. The molecule has 0 aliphatic heterocycles. The third-order valence-electron chi connectivity index (χ3n) is 2.19. The molecule has 0 spiro atoms. The minimum absolute atomic E-state index is 0.159. The molecule has 2 heterocycles. The minimum atomic E-state index is -0.355. The van der Waals surface area contributed by atoms with E-state index in [1.807, 2.05) is 6.26 Å². The molecule has 2 aromatic heterocycles. The van der Waals surface area contributed by atoms with Crippen molar-refractivity contribution in [3.05, 3.63) is 34.9 Å². The predicted molar refractivity (Wildman–Crippen MR) is 69.5 cm³/mol. The molecule has 0 saturated heterocycles.